The average Bonchev–Trinajstić information content (AvgIpc) is 2.87. The summed E-state index contributed by atoms with van der Waals surface area (Å²) in [5, 5.41) is 9.48. The monoisotopic (exact) mass is 412 g/mol. The number of halogens is 1. The van der Waals surface area contributed by atoms with Gasteiger partial charge in [0.25, 0.3) is 0 Å². The highest BCUT2D eigenvalue weighted by molar-refractivity contribution is 7.98. The molecule has 0 spiro atoms. The zero-order valence-electron chi connectivity index (χ0n) is 15.3. The predicted octanol–water partition coefficient (Wildman–Crippen LogP) is 4.75. The predicted molar refractivity (Wildman–Crippen MR) is 110 cm³/mol. The lowest BCUT2D eigenvalue weighted by atomic mass is 10.1. The summed E-state index contributed by atoms with van der Waals surface area (Å²) in [7, 11) is 0. The lowest BCUT2D eigenvalue weighted by Crippen LogP contribution is -2.37. The van der Waals surface area contributed by atoms with Crippen LogP contribution in [0.15, 0.2) is 53.7 Å². The quantitative estimate of drug-likeness (QED) is 0.578. The number of nitrogens with zero attached hydrogens (tertiary/aromatic N) is 4. The molecule has 0 fully saturated rings. The second-order valence-electron chi connectivity index (χ2n) is 6.08. The van der Waals surface area contributed by atoms with E-state index in [1.165, 1.54) is 11.8 Å². The summed E-state index contributed by atoms with van der Waals surface area (Å²) in [6.45, 7) is 1.82. The van der Waals surface area contributed by atoms with Crippen LogP contribution in [-0.4, -0.2) is 27.3 Å². The van der Waals surface area contributed by atoms with E-state index < -0.39 is 6.23 Å². The first-order chi connectivity index (χ1) is 13.6. The van der Waals surface area contributed by atoms with E-state index in [-0.39, 0.29) is 5.91 Å². The average molecular weight is 413 g/mol. The highest BCUT2D eigenvalue weighted by atomic mass is 35.5. The second-order valence-corrected chi connectivity index (χ2v) is 7.26. The zero-order valence-corrected chi connectivity index (χ0v) is 16.9. The number of carbonyl (C=O) groups excluding carboxylic acids is 1. The molecule has 0 saturated carbocycles. The maximum atomic E-state index is 13.0. The number of benzene rings is 2. The summed E-state index contributed by atoms with van der Waals surface area (Å²) < 4.78 is 6.28. The fraction of sp³-hybridized carbons (Fsp3) is 0.200. The number of hydrogen-bond donors (Lipinski definition) is 0. The maximum absolute atomic E-state index is 13.0. The fourth-order valence-electron chi connectivity index (χ4n) is 3.12. The van der Waals surface area contributed by atoms with Gasteiger partial charge >= 0.3 is 0 Å². The highest BCUT2D eigenvalue weighted by Gasteiger charge is 2.36. The molecule has 3 aromatic rings. The van der Waals surface area contributed by atoms with Gasteiger partial charge in [0.15, 0.2) is 5.69 Å². The number of para-hydroxylation sites is 1. The molecule has 1 aliphatic heterocycles. The molecule has 1 unspecified atom stereocenters. The molecule has 0 N–H and O–H groups in total. The van der Waals surface area contributed by atoms with E-state index in [0.717, 1.165) is 5.56 Å². The van der Waals surface area contributed by atoms with E-state index in [2.05, 4.69) is 15.2 Å². The first kappa shape index (κ1) is 18.7. The molecule has 1 atom stereocenters. The number of aromatic nitrogens is 3. The number of anilines is 1. The second kappa shape index (κ2) is 7.77. The van der Waals surface area contributed by atoms with E-state index in [1.54, 1.807) is 11.0 Å². The minimum Gasteiger partial charge on any atom is -0.447 e. The van der Waals surface area contributed by atoms with Gasteiger partial charge in [-0.25, -0.2) is 0 Å². The smallest absolute Gasteiger partial charge is 0.247 e. The SMILES string of the molecule is CCC(=O)N1c2ccccc2-c2nnc(SC)nc2OC1c1ccccc1Cl. The number of carbonyl (C=O) groups is 1. The fourth-order valence-corrected chi connectivity index (χ4v) is 3.64. The Hall–Kier alpha value is -2.64. The molecule has 1 aliphatic rings. The summed E-state index contributed by atoms with van der Waals surface area (Å²) in [6.07, 6.45) is 1.41. The van der Waals surface area contributed by atoms with Crippen molar-refractivity contribution in [3.05, 3.63) is 59.1 Å². The first-order valence-corrected chi connectivity index (χ1v) is 10.4. The molecule has 28 heavy (non-hydrogen) atoms. The van der Waals surface area contributed by atoms with Gasteiger partial charge in [-0.2, -0.15) is 4.98 Å². The molecule has 0 bridgehead atoms. The van der Waals surface area contributed by atoms with Crippen molar-refractivity contribution in [1.82, 2.24) is 15.2 Å². The molecule has 2 aromatic carbocycles. The summed E-state index contributed by atoms with van der Waals surface area (Å²) in [5.74, 6) is 0.228. The topological polar surface area (TPSA) is 68.2 Å². The molecule has 4 rings (SSSR count). The third-order valence-electron chi connectivity index (χ3n) is 4.44. The third-order valence-corrected chi connectivity index (χ3v) is 5.32. The largest absolute Gasteiger partial charge is 0.447 e. The Balaban J connectivity index is 2.00. The van der Waals surface area contributed by atoms with Crippen LogP contribution in [0.3, 0.4) is 0 Å². The van der Waals surface area contributed by atoms with Crippen LogP contribution in [0.25, 0.3) is 11.3 Å². The van der Waals surface area contributed by atoms with E-state index >= 15 is 0 Å². The Morgan fingerprint density at radius 2 is 1.93 bits per heavy atom. The Bertz CT molecular complexity index is 1050. The third kappa shape index (κ3) is 3.21. The van der Waals surface area contributed by atoms with E-state index in [0.29, 0.717) is 39.4 Å². The van der Waals surface area contributed by atoms with Crippen molar-refractivity contribution in [2.75, 3.05) is 11.2 Å². The molecule has 1 aromatic heterocycles. The number of thioether (sulfide) groups is 1. The van der Waals surface area contributed by atoms with Crippen molar-refractivity contribution in [1.29, 1.82) is 0 Å². The zero-order chi connectivity index (χ0) is 19.7. The molecule has 6 nitrogen and oxygen atoms in total. The van der Waals surface area contributed by atoms with E-state index in [9.17, 15) is 4.79 Å². The molecule has 142 valence electrons. The van der Waals surface area contributed by atoms with Gasteiger partial charge < -0.3 is 4.74 Å². The lowest BCUT2D eigenvalue weighted by molar-refractivity contribution is -0.120. The van der Waals surface area contributed by atoms with Gasteiger partial charge in [0.05, 0.1) is 5.69 Å². The first-order valence-electron chi connectivity index (χ1n) is 8.75. The van der Waals surface area contributed by atoms with Gasteiger partial charge in [-0.15, -0.1) is 10.2 Å². The van der Waals surface area contributed by atoms with E-state index in [1.807, 2.05) is 55.6 Å². The van der Waals surface area contributed by atoms with Crippen LogP contribution < -0.4 is 9.64 Å². The van der Waals surface area contributed by atoms with Crippen molar-refractivity contribution in [2.24, 2.45) is 0 Å². The van der Waals surface area contributed by atoms with Crippen molar-refractivity contribution < 1.29 is 9.53 Å². The van der Waals surface area contributed by atoms with Gasteiger partial charge in [0.1, 0.15) is 0 Å². The van der Waals surface area contributed by atoms with Crippen molar-refractivity contribution in [2.45, 2.75) is 24.7 Å². The van der Waals surface area contributed by atoms with Crippen LogP contribution in [0.4, 0.5) is 5.69 Å². The van der Waals surface area contributed by atoms with Crippen molar-refractivity contribution >= 4 is 35.0 Å². The molecule has 2 heterocycles. The molecule has 1 amide bonds. The maximum Gasteiger partial charge on any atom is 0.247 e. The van der Waals surface area contributed by atoms with Crippen LogP contribution in [-0.2, 0) is 4.79 Å². The molecule has 0 aliphatic carbocycles. The van der Waals surface area contributed by atoms with Gasteiger partial charge in [-0.05, 0) is 18.4 Å². The Morgan fingerprint density at radius 1 is 1.18 bits per heavy atom. The molecule has 8 heteroatoms. The standard InChI is InChI=1S/C20H17ClN4O2S/c1-3-16(26)25-15-11-7-5-9-13(15)17-18(22-20(28-2)24-23-17)27-19(25)12-8-4-6-10-14(12)21/h4-11,19H,3H2,1-2H3. The van der Waals surface area contributed by atoms with Crippen molar-refractivity contribution in [3.8, 4) is 17.1 Å². The number of fused-ring (bicyclic) bond motifs is 3. The number of ether oxygens (including phenoxy) is 1. The van der Waals surface area contributed by atoms with Crippen molar-refractivity contribution in [3.63, 3.8) is 0 Å². The molecular weight excluding hydrogens is 396 g/mol. The summed E-state index contributed by atoms with van der Waals surface area (Å²) in [6, 6.07) is 14.8. The van der Waals surface area contributed by atoms with Gasteiger partial charge in [-0.3, -0.25) is 9.69 Å². The van der Waals surface area contributed by atoms with Crippen LogP contribution >= 0.6 is 23.4 Å². The van der Waals surface area contributed by atoms with Gasteiger partial charge in [0, 0.05) is 22.6 Å². The van der Waals surface area contributed by atoms with Crippen LogP contribution in [0.2, 0.25) is 5.02 Å². The summed E-state index contributed by atoms with van der Waals surface area (Å²) in [5.41, 5.74) is 2.60. The highest BCUT2D eigenvalue weighted by Crippen LogP contribution is 2.44. The molecule has 0 saturated heterocycles. The Labute approximate surface area is 171 Å². The summed E-state index contributed by atoms with van der Waals surface area (Å²) in [4.78, 5) is 19.1. The number of amides is 1. The van der Waals surface area contributed by atoms with Crippen LogP contribution in [0, 0.1) is 0 Å². The molecular formula is C20H17ClN4O2S. The summed E-state index contributed by atoms with van der Waals surface area (Å²) >= 11 is 7.84. The van der Waals surface area contributed by atoms with Gasteiger partial charge in [0.2, 0.25) is 23.2 Å². The number of rotatable bonds is 3. The normalized spacial score (nSPS) is 15.2. The lowest BCUT2D eigenvalue weighted by Gasteiger charge is -2.31. The minimum atomic E-state index is -0.769. The van der Waals surface area contributed by atoms with Crippen LogP contribution in [0.5, 0.6) is 5.88 Å². The minimum absolute atomic E-state index is 0.0942. The number of hydrogen-bond acceptors (Lipinski definition) is 6. The molecule has 0 radical (unpaired) electrons. The Morgan fingerprint density at radius 3 is 2.68 bits per heavy atom. The van der Waals surface area contributed by atoms with E-state index in [4.69, 9.17) is 16.3 Å². The Kier molecular flexibility index (Phi) is 5.19. The van der Waals surface area contributed by atoms with Gasteiger partial charge in [-0.1, -0.05) is 66.7 Å². The van der Waals surface area contributed by atoms with Crippen LogP contribution in [0.1, 0.15) is 25.1 Å².